The summed E-state index contributed by atoms with van der Waals surface area (Å²) < 4.78 is 1.77. The maximum atomic E-state index is 12.7. The molecule has 0 aliphatic carbocycles. The number of thiazole rings is 1. The van der Waals surface area contributed by atoms with E-state index in [0.29, 0.717) is 29.8 Å². The number of nitrogens with one attached hydrogen (secondary N) is 1. The molecule has 6 nitrogen and oxygen atoms in total. The van der Waals surface area contributed by atoms with Gasteiger partial charge in [0.15, 0.2) is 0 Å². The van der Waals surface area contributed by atoms with Gasteiger partial charge in [-0.1, -0.05) is 11.6 Å². The van der Waals surface area contributed by atoms with Crippen LogP contribution in [0.4, 0.5) is 0 Å². The number of amides is 1. The first kappa shape index (κ1) is 17.2. The van der Waals surface area contributed by atoms with Gasteiger partial charge in [-0.3, -0.25) is 4.79 Å². The fourth-order valence-electron chi connectivity index (χ4n) is 2.95. The van der Waals surface area contributed by atoms with E-state index in [1.54, 1.807) is 10.9 Å². The molecule has 3 heterocycles. The molecule has 1 aromatic carbocycles. The standard InChI is InChI=1S/C18H18ClN5OS/c1-12-9-23(7-6-20-12)18(25)16-11-26-17(22-16)13-8-21-24(10-13)15-4-2-14(19)3-5-15/h2-5,8,10-12,20H,6-7,9H2,1H3/t12-/m0/s1. The van der Waals surface area contributed by atoms with E-state index in [1.165, 1.54) is 11.3 Å². The lowest BCUT2D eigenvalue weighted by molar-refractivity contribution is 0.0704. The summed E-state index contributed by atoms with van der Waals surface area (Å²) in [5, 5.41) is 11.0. The number of carbonyl (C=O) groups is 1. The van der Waals surface area contributed by atoms with Gasteiger partial charge in [0.25, 0.3) is 5.91 Å². The summed E-state index contributed by atoms with van der Waals surface area (Å²) in [5.74, 6) is -0.00839. The summed E-state index contributed by atoms with van der Waals surface area (Å²) in [6.07, 6.45) is 3.66. The van der Waals surface area contributed by atoms with Crippen molar-refractivity contribution in [3.63, 3.8) is 0 Å². The van der Waals surface area contributed by atoms with Crippen molar-refractivity contribution in [1.82, 2.24) is 25.0 Å². The number of benzene rings is 1. The largest absolute Gasteiger partial charge is 0.334 e. The molecule has 134 valence electrons. The van der Waals surface area contributed by atoms with Gasteiger partial charge in [-0.25, -0.2) is 9.67 Å². The number of carbonyl (C=O) groups excluding carboxylic acids is 1. The van der Waals surface area contributed by atoms with Gasteiger partial charge in [-0.2, -0.15) is 5.10 Å². The Morgan fingerprint density at radius 2 is 2.15 bits per heavy atom. The maximum Gasteiger partial charge on any atom is 0.273 e. The van der Waals surface area contributed by atoms with Crippen molar-refractivity contribution in [1.29, 1.82) is 0 Å². The van der Waals surface area contributed by atoms with Gasteiger partial charge in [0.2, 0.25) is 0 Å². The lowest BCUT2D eigenvalue weighted by atomic mass is 10.2. The van der Waals surface area contributed by atoms with Crippen LogP contribution < -0.4 is 5.32 Å². The molecule has 1 fully saturated rings. The monoisotopic (exact) mass is 387 g/mol. The highest BCUT2D eigenvalue weighted by Gasteiger charge is 2.23. The van der Waals surface area contributed by atoms with Gasteiger partial charge in [-0.05, 0) is 31.2 Å². The third-order valence-electron chi connectivity index (χ3n) is 4.30. The first-order valence-electron chi connectivity index (χ1n) is 8.39. The molecule has 0 unspecified atom stereocenters. The zero-order valence-corrected chi connectivity index (χ0v) is 15.8. The number of hydrogen-bond donors (Lipinski definition) is 1. The predicted molar refractivity (Wildman–Crippen MR) is 103 cm³/mol. The van der Waals surface area contributed by atoms with E-state index in [9.17, 15) is 4.79 Å². The maximum absolute atomic E-state index is 12.7. The Labute approximate surface area is 160 Å². The highest BCUT2D eigenvalue weighted by molar-refractivity contribution is 7.13. The second-order valence-corrected chi connectivity index (χ2v) is 7.59. The first-order chi connectivity index (χ1) is 12.6. The first-order valence-corrected chi connectivity index (χ1v) is 9.65. The molecule has 1 saturated heterocycles. The summed E-state index contributed by atoms with van der Waals surface area (Å²) in [6.45, 7) is 4.32. The Morgan fingerprint density at radius 3 is 2.92 bits per heavy atom. The Balaban J connectivity index is 1.53. The minimum atomic E-state index is -0.00839. The second kappa shape index (κ2) is 7.19. The van der Waals surface area contributed by atoms with Crippen LogP contribution in [0.5, 0.6) is 0 Å². The number of nitrogens with zero attached hydrogens (tertiary/aromatic N) is 4. The molecule has 1 aliphatic heterocycles. The van der Waals surface area contributed by atoms with E-state index in [4.69, 9.17) is 11.6 Å². The Morgan fingerprint density at radius 1 is 1.35 bits per heavy atom. The average molecular weight is 388 g/mol. The van der Waals surface area contributed by atoms with Crippen LogP contribution in [0.15, 0.2) is 42.0 Å². The van der Waals surface area contributed by atoms with Crippen LogP contribution in [-0.4, -0.2) is 51.2 Å². The van der Waals surface area contributed by atoms with E-state index in [2.05, 4.69) is 22.3 Å². The lowest BCUT2D eigenvalue weighted by Gasteiger charge is -2.31. The van der Waals surface area contributed by atoms with Crippen LogP contribution in [0.25, 0.3) is 16.3 Å². The van der Waals surface area contributed by atoms with Crippen LogP contribution in [0.1, 0.15) is 17.4 Å². The summed E-state index contributed by atoms with van der Waals surface area (Å²) in [4.78, 5) is 19.1. The normalized spacial score (nSPS) is 17.5. The van der Waals surface area contributed by atoms with Crippen molar-refractivity contribution in [2.45, 2.75) is 13.0 Å². The molecule has 3 aromatic rings. The van der Waals surface area contributed by atoms with Crippen LogP contribution in [0.2, 0.25) is 5.02 Å². The molecule has 1 N–H and O–H groups in total. The van der Waals surface area contributed by atoms with Crippen molar-refractivity contribution in [2.24, 2.45) is 0 Å². The van der Waals surface area contributed by atoms with Gasteiger partial charge in [0.05, 0.1) is 11.9 Å². The third-order valence-corrected chi connectivity index (χ3v) is 5.44. The molecule has 2 aromatic heterocycles. The summed E-state index contributed by atoms with van der Waals surface area (Å²) >= 11 is 7.39. The van der Waals surface area contributed by atoms with Gasteiger partial charge < -0.3 is 10.2 Å². The summed E-state index contributed by atoms with van der Waals surface area (Å²) in [7, 11) is 0. The molecule has 8 heteroatoms. The predicted octanol–water partition coefficient (Wildman–Crippen LogP) is 3.08. The van der Waals surface area contributed by atoms with Gasteiger partial charge in [0.1, 0.15) is 10.7 Å². The number of aromatic nitrogens is 3. The van der Waals surface area contributed by atoms with Crippen molar-refractivity contribution in [3.8, 4) is 16.3 Å². The zero-order chi connectivity index (χ0) is 18.1. The van der Waals surface area contributed by atoms with Crippen molar-refractivity contribution in [3.05, 3.63) is 52.8 Å². The summed E-state index contributed by atoms with van der Waals surface area (Å²) in [6, 6.07) is 7.77. The molecule has 0 saturated carbocycles. The van der Waals surface area contributed by atoms with Crippen molar-refractivity contribution >= 4 is 28.8 Å². The van der Waals surface area contributed by atoms with Crippen LogP contribution >= 0.6 is 22.9 Å². The highest BCUT2D eigenvalue weighted by atomic mass is 35.5. The van der Waals surface area contributed by atoms with Crippen molar-refractivity contribution in [2.75, 3.05) is 19.6 Å². The quantitative estimate of drug-likeness (QED) is 0.750. The Hall–Kier alpha value is -2.22. The molecule has 0 bridgehead atoms. The molecule has 26 heavy (non-hydrogen) atoms. The van der Waals surface area contributed by atoms with Crippen molar-refractivity contribution < 1.29 is 4.79 Å². The molecule has 0 radical (unpaired) electrons. The van der Waals surface area contributed by atoms with Crippen LogP contribution in [0, 0.1) is 0 Å². The smallest absolute Gasteiger partial charge is 0.273 e. The lowest BCUT2D eigenvalue weighted by Crippen LogP contribution is -2.51. The fourth-order valence-corrected chi connectivity index (χ4v) is 3.85. The second-order valence-electron chi connectivity index (χ2n) is 6.29. The molecule has 1 atom stereocenters. The number of piperazine rings is 1. The van der Waals surface area contributed by atoms with E-state index >= 15 is 0 Å². The zero-order valence-electron chi connectivity index (χ0n) is 14.2. The highest BCUT2D eigenvalue weighted by Crippen LogP contribution is 2.25. The fraction of sp³-hybridized carbons (Fsp3) is 0.278. The molecule has 0 spiro atoms. The van der Waals surface area contributed by atoms with E-state index in [-0.39, 0.29) is 5.91 Å². The Bertz CT molecular complexity index is 920. The minimum absolute atomic E-state index is 0.00839. The van der Waals surface area contributed by atoms with E-state index in [1.807, 2.05) is 40.7 Å². The van der Waals surface area contributed by atoms with Gasteiger partial charge in [0, 0.05) is 47.8 Å². The molecule has 4 rings (SSSR count). The third kappa shape index (κ3) is 3.51. The van der Waals surface area contributed by atoms with E-state index < -0.39 is 0 Å². The summed E-state index contributed by atoms with van der Waals surface area (Å²) in [5.41, 5.74) is 2.30. The minimum Gasteiger partial charge on any atom is -0.334 e. The topological polar surface area (TPSA) is 63.1 Å². The molecule has 1 amide bonds. The SMILES string of the molecule is C[C@H]1CN(C(=O)c2csc(-c3cnn(-c4ccc(Cl)cc4)c3)n2)CCN1. The number of rotatable bonds is 3. The Kier molecular flexibility index (Phi) is 4.76. The van der Waals surface area contributed by atoms with Crippen LogP contribution in [-0.2, 0) is 0 Å². The number of halogens is 1. The van der Waals surface area contributed by atoms with Gasteiger partial charge >= 0.3 is 0 Å². The van der Waals surface area contributed by atoms with E-state index in [0.717, 1.165) is 22.8 Å². The van der Waals surface area contributed by atoms with Crippen LogP contribution in [0.3, 0.4) is 0 Å². The molecule has 1 aliphatic rings. The van der Waals surface area contributed by atoms with Gasteiger partial charge in [-0.15, -0.1) is 11.3 Å². The molecular formula is C18H18ClN5OS. The average Bonchev–Trinajstić information content (AvgIpc) is 3.31. The molecular weight excluding hydrogens is 370 g/mol. The number of hydrogen-bond acceptors (Lipinski definition) is 5.